The van der Waals surface area contributed by atoms with Crippen LogP contribution in [0.15, 0.2) is 14.4 Å². The van der Waals surface area contributed by atoms with Crippen molar-refractivity contribution in [3.63, 3.8) is 0 Å². The summed E-state index contributed by atoms with van der Waals surface area (Å²) in [7, 11) is -4.10. The van der Waals surface area contributed by atoms with Gasteiger partial charge in [-0.05, 0) is 70.6 Å². The number of rotatable bonds is 26. The van der Waals surface area contributed by atoms with Crippen molar-refractivity contribution in [2.45, 2.75) is 141 Å². The topological polar surface area (TPSA) is 219 Å². The van der Waals surface area contributed by atoms with Crippen LogP contribution >= 0.6 is 0 Å². The minimum atomic E-state index is -4.10. The molecular weight excluding hydrogens is 670 g/mol. The molecular formula is C33H55N7O9S. The van der Waals surface area contributed by atoms with Crippen LogP contribution in [0.25, 0.3) is 0 Å². The Balaban J connectivity index is 1.94. The molecule has 1 aromatic rings. The molecule has 1 aliphatic carbocycles. The summed E-state index contributed by atoms with van der Waals surface area (Å²) in [4.78, 5) is 54.6. The van der Waals surface area contributed by atoms with Crippen LogP contribution in [0.1, 0.15) is 116 Å². The Labute approximate surface area is 294 Å². The number of urea groups is 1. The summed E-state index contributed by atoms with van der Waals surface area (Å²) < 4.78 is 44.2. The van der Waals surface area contributed by atoms with Crippen LogP contribution in [-0.2, 0) is 39.2 Å². The minimum Gasteiger partial charge on any atom is -0.428 e. The molecule has 50 heavy (non-hydrogen) atoms. The van der Waals surface area contributed by atoms with Gasteiger partial charge < -0.3 is 19.7 Å². The van der Waals surface area contributed by atoms with Gasteiger partial charge in [0.05, 0.1) is 5.75 Å². The molecule has 0 unspecified atom stereocenters. The van der Waals surface area contributed by atoms with Gasteiger partial charge in [0, 0.05) is 38.8 Å². The highest BCUT2D eigenvalue weighted by Gasteiger charge is 2.25. The molecule has 16 nitrogen and oxygen atoms in total. The second-order valence-corrected chi connectivity index (χ2v) is 14.4. The van der Waals surface area contributed by atoms with E-state index in [9.17, 15) is 27.6 Å². The standard InChI is InChI=1S/C33H55N7O9S/c34-27-48-24-14-5-3-12-21-39-31(42)38(32(43)40(33(39)44)22-13-4-6-15-25-49-28-35)20-11-2-1-10-19-36-30(41)37(23-16-26-50(45,46)47)29-17-8-7-9-18-29/h29H,1-26H2,(H,36,41)(H,45,46,47). The normalized spacial score (nSPS) is 13.3. The predicted molar refractivity (Wildman–Crippen MR) is 186 cm³/mol. The van der Waals surface area contributed by atoms with E-state index in [0.717, 1.165) is 77.9 Å². The molecule has 0 saturated heterocycles. The van der Waals surface area contributed by atoms with Crippen molar-refractivity contribution in [1.29, 1.82) is 10.5 Å². The maximum atomic E-state index is 13.3. The highest BCUT2D eigenvalue weighted by Crippen LogP contribution is 2.23. The van der Waals surface area contributed by atoms with E-state index in [2.05, 4.69) is 14.8 Å². The van der Waals surface area contributed by atoms with Crippen molar-refractivity contribution in [1.82, 2.24) is 23.9 Å². The number of carbonyl (C=O) groups is 1. The zero-order valence-corrected chi connectivity index (χ0v) is 30.1. The number of ether oxygens (including phenoxy) is 2. The third-order valence-corrected chi connectivity index (χ3v) is 9.74. The Kier molecular flexibility index (Phi) is 20.6. The van der Waals surface area contributed by atoms with E-state index in [0.29, 0.717) is 64.7 Å². The van der Waals surface area contributed by atoms with E-state index < -0.39 is 32.9 Å². The number of nitrogens with zero attached hydrogens (tertiary/aromatic N) is 6. The summed E-state index contributed by atoms with van der Waals surface area (Å²) in [6.07, 6.45) is 16.4. The van der Waals surface area contributed by atoms with Crippen LogP contribution in [0.4, 0.5) is 4.79 Å². The Morgan fingerprint density at radius 1 is 0.720 bits per heavy atom. The van der Waals surface area contributed by atoms with E-state index in [-0.39, 0.29) is 44.7 Å². The first-order valence-electron chi connectivity index (χ1n) is 18.1. The van der Waals surface area contributed by atoms with E-state index in [4.69, 9.17) is 15.1 Å². The van der Waals surface area contributed by atoms with Crippen molar-refractivity contribution in [2.24, 2.45) is 0 Å². The molecule has 0 spiro atoms. The van der Waals surface area contributed by atoms with Crippen LogP contribution < -0.4 is 22.4 Å². The molecule has 2 N–H and O–H groups in total. The van der Waals surface area contributed by atoms with Gasteiger partial charge in [0.1, 0.15) is 13.2 Å². The molecule has 282 valence electrons. The molecule has 0 bridgehead atoms. The molecule has 1 saturated carbocycles. The zero-order chi connectivity index (χ0) is 36.6. The summed E-state index contributed by atoms with van der Waals surface area (Å²) in [5.74, 6) is -0.394. The molecule has 1 heterocycles. The minimum absolute atomic E-state index is 0.0452. The van der Waals surface area contributed by atoms with Gasteiger partial charge in [0.2, 0.25) is 0 Å². The summed E-state index contributed by atoms with van der Waals surface area (Å²) in [5.41, 5.74) is -1.86. The first-order chi connectivity index (χ1) is 24.1. The van der Waals surface area contributed by atoms with Crippen molar-refractivity contribution >= 4 is 16.1 Å². The quantitative estimate of drug-likeness (QED) is 0.0800. The van der Waals surface area contributed by atoms with Gasteiger partial charge in [-0.25, -0.2) is 32.9 Å². The van der Waals surface area contributed by atoms with Crippen LogP contribution in [0.2, 0.25) is 0 Å². The summed E-state index contributed by atoms with van der Waals surface area (Å²) in [6, 6.07) is -0.198. The number of nitriles is 2. The third-order valence-electron chi connectivity index (χ3n) is 8.93. The zero-order valence-electron chi connectivity index (χ0n) is 29.3. The Morgan fingerprint density at radius 3 is 1.60 bits per heavy atom. The lowest BCUT2D eigenvalue weighted by atomic mass is 9.94. The van der Waals surface area contributed by atoms with Gasteiger partial charge in [0.25, 0.3) is 22.6 Å². The summed E-state index contributed by atoms with van der Waals surface area (Å²) in [5, 5.41) is 19.9. The first-order valence-corrected chi connectivity index (χ1v) is 19.7. The SMILES string of the molecule is N#COCCCCCCn1c(=O)n(CCCCCCNC(=O)N(CCCS(=O)(=O)O)C2CCCCC2)c(=O)n(CCCCCCOC#N)c1=O. The molecule has 2 amide bonds. The van der Waals surface area contributed by atoms with Crippen molar-refractivity contribution < 1.29 is 27.2 Å². The van der Waals surface area contributed by atoms with Gasteiger partial charge in [-0.3, -0.25) is 4.55 Å². The monoisotopic (exact) mass is 725 g/mol. The van der Waals surface area contributed by atoms with Gasteiger partial charge >= 0.3 is 23.1 Å². The highest BCUT2D eigenvalue weighted by molar-refractivity contribution is 7.85. The predicted octanol–water partition coefficient (Wildman–Crippen LogP) is 3.47. The summed E-state index contributed by atoms with van der Waals surface area (Å²) >= 11 is 0. The Morgan fingerprint density at radius 2 is 1.16 bits per heavy atom. The first kappa shape index (κ1) is 42.3. The molecule has 0 atom stereocenters. The average molecular weight is 726 g/mol. The summed E-state index contributed by atoms with van der Waals surface area (Å²) in [6.45, 7) is 1.82. The maximum absolute atomic E-state index is 13.3. The second kappa shape index (κ2) is 24.3. The van der Waals surface area contributed by atoms with E-state index >= 15 is 0 Å². The van der Waals surface area contributed by atoms with E-state index in [1.807, 2.05) is 0 Å². The number of unbranched alkanes of at least 4 members (excludes halogenated alkanes) is 9. The van der Waals surface area contributed by atoms with Crippen molar-refractivity contribution in [2.75, 3.05) is 32.1 Å². The Bertz CT molecular complexity index is 1450. The average Bonchev–Trinajstić information content (AvgIpc) is 3.09. The van der Waals surface area contributed by atoms with E-state index in [1.165, 1.54) is 0 Å². The lowest BCUT2D eigenvalue weighted by Crippen LogP contribution is -2.54. The fourth-order valence-electron chi connectivity index (χ4n) is 6.25. The lowest BCUT2D eigenvalue weighted by Gasteiger charge is -2.34. The molecule has 1 fully saturated rings. The maximum Gasteiger partial charge on any atom is 0.336 e. The smallest absolute Gasteiger partial charge is 0.336 e. The van der Waals surface area contributed by atoms with Crippen LogP contribution in [0.3, 0.4) is 0 Å². The number of hydrogen-bond donors (Lipinski definition) is 2. The van der Waals surface area contributed by atoms with E-state index in [1.54, 1.807) is 17.4 Å². The Hall–Kier alpha value is -3.83. The fraction of sp³-hybridized carbons (Fsp3) is 0.818. The van der Waals surface area contributed by atoms with Crippen molar-refractivity contribution in [3.05, 3.63) is 31.5 Å². The number of hydrogen-bond acceptors (Lipinski definition) is 10. The fourth-order valence-corrected chi connectivity index (χ4v) is 6.74. The third kappa shape index (κ3) is 16.3. The molecule has 1 aliphatic rings. The molecule has 1 aromatic heterocycles. The highest BCUT2D eigenvalue weighted by atomic mass is 32.2. The van der Waals surface area contributed by atoms with Gasteiger partial charge in [0.15, 0.2) is 0 Å². The second-order valence-electron chi connectivity index (χ2n) is 12.8. The number of aromatic nitrogens is 3. The van der Waals surface area contributed by atoms with Gasteiger partial charge in [-0.2, -0.15) is 18.9 Å². The molecule has 0 aliphatic heterocycles. The van der Waals surface area contributed by atoms with Crippen molar-refractivity contribution in [3.8, 4) is 12.5 Å². The molecule has 0 radical (unpaired) electrons. The van der Waals surface area contributed by atoms with Gasteiger partial charge in [-0.15, -0.1) is 0 Å². The largest absolute Gasteiger partial charge is 0.428 e. The molecule has 0 aromatic carbocycles. The van der Waals surface area contributed by atoms with Gasteiger partial charge in [-0.1, -0.05) is 44.9 Å². The van der Waals surface area contributed by atoms with Crippen LogP contribution in [0.5, 0.6) is 0 Å². The number of carbonyl (C=O) groups excluding carboxylic acids is 1. The molecule has 17 heteroatoms. The van der Waals surface area contributed by atoms with Crippen LogP contribution in [0, 0.1) is 23.0 Å². The molecule has 2 rings (SSSR count). The number of nitrogens with one attached hydrogen (secondary N) is 1. The lowest BCUT2D eigenvalue weighted by molar-refractivity contribution is 0.155. The van der Waals surface area contributed by atoms with Crippen LogP contribution in [-0.4, -0.2) is 75.7 Å². The number of amides is 2.